The van der Waals surface area contributed by atoms with Gasteiger partial charge in [-0.3, -0.25) is 0 Å². The van der Waals surface area contributed by atoms with E-state index in [9.17, 15) is 0 Å². The maximum atomic E-state index is 6.04. The molecule has 0 spiro atoms. The topological polar surface area (TPSA) is 39.2 Å². The first-order valence-electron chi connectivity index (χ1n) is 4.23. The Labute approximate surface area is 91.3 Å². The van der Waals surface area contributed by atoms with Crippen molar-refractivity contribution in [3.8, 4) is 0 Å². The van der Waals surface area contributed by atoms with E-state index in [2.05, 4.69) is 6.92 Å². The molecule has 0 amide bonds. The number of hydrogen-bond donors (Lipinski definition) is 1. The van der Waals surface area contributed by atoms with Crippen molar-refractivity contribution in [1.29, 1.82) is 0 Å². The molecule has 1 atom stereocenters. The summed E-state index contributed by atoms with van der Waals surface area (Å²) in [6.07, 6.45) is 1.55. The van der Waals surface area contributed by atoms with Gasteiger partial charge in [0.05, 0.1) is 12.3 Å². The SMILES string of the molecule is Cc1ccc(C(N)c2ccoc2Cl)s1. The van der Waals surface area contributed by atoms with Crippen LogP contribution in [-0.4, -0.2) is 0 Å². The fourth-order valence-electron chi connectivity index (χ4n) is 1.30. The number of nitrogens with two attached hydrogens (primary N) is 1. The molecule has 2 heterocycles. The predicted octanol–water partition coefficient (Wildman–Crippen LogP) is 3.35. The normalized spacial score (nSPS) is 13.1. The molecule has 2 aromatic heterocycles. The summed E-state index contributed by atoms with van der Waals surface area (Å²) in [5.74, 6) is 0. The van der Waals surface area contributed by atoms with Crippen LogP contribution >= 0.6 is 22.9 Å². The highest BCUT2D eigenvalue weighted by molar-refractivity contribution is 7.12. The smallest absolute Gasteiger partial charge is 0.198 e. The highest BCUT2D eigenvalue weighted by atomic mass is 35.5. The zero-order valence-corrected chi connectivity index (χ0v) is 9.23. The molecule has 0 aliphatic rings. The second kappa shape index (κ2) is 3.77. The molecule has 0 aliphatic carbocycles. The lowest BCUT2D eigenvalue weighted by Gasteiger charge is -2.06. The van der Waals surface area contributed by atoms with Crippen molar-refractivity contribution in [2.45, 2.75) is 13.0 Å². The van der Waals surface area contributed by atoms with Gasteiger partial charge in [-0.2, -0.15) is 0 Å². The molecule has 2 N–H and O–H groups in total. The van der Waals surface area contributed by atoms with Crippen molar-refractivity contribution in [1.82, 2.24) is 0 Å². The summed E-state index contributed by atoms with van der Waals surface area (Å²) in [6, 6.07) is 5.70. The molecule has 0 radical (unpaired) electrons. The van der Waals surface area contributed by atoms with Crippen molar-refractivity contribution >= 4 is 22.9 Å². The van der Waals surface area contributed by atoms with Crippen molar-refractivity contribution in [2.24, 2.45) is 5.73 Å². The first-order chi connectivity index (χ1) is 6.68. The lowest BCUT2D eigenvalue weighted by Crippen LogP contribution is -2.09. The van der Waals surface area contributed by atoms with E-state index < -0.39 is 0 Å². The van der Waals surface area contributed by atoms with Crippen LogP contribution in [0.5, 0.6) is 0 Å². The minimum atomic E-state index is -0.181. The average molecular weight is 228 g/mol. The molecule has 4 heteroatoms. The molecular weight excluding hydrogens is 218 g/mol. The zero-order chi connectivity index (χ0) is 10.1. The first-order valence-corrected chi connectivity index (χ1v) is 5.42. The van der Waals surface area contributed by atoms with E-state index in [4.69, 9.17) is 21.8 Å². The molecular formula is C10H10ClNOS. The van der Waals surface area contributed by atoms with Gasteiger partial charge in [-0.15, -0.1) is 11.3 Å². The molecule has 2 rings (SSSR count). The van der Waals surface area contributed by atoms with Gasteiger partial charge in [0.1, 0.15) is 0 Å². The second-order valence-electron chi connectivity index (χ2n) is 3.08. The van der Waals surface area contributed by atoms with Gasteiger partial charge in [0, 0.05) is 15.3 Å². The zero-order valence-electron chi connectivity index (χ0n) is 7.66. The fourth-order valence-corrected chi connectivity index (χ4v) is 2.43. The number of rotatable bonds is 2. The van der Waals surface area contributed by atoms with Crippen LogP contribution in [0.1, 0.15) is 21.4 Å². The number of hydrogen-bond acceptors (Lipinski definition) is 3. The molecule has 74 valence electrons. The van der Waals surface area contributed by atoms with Crippen LogP contribution in [0.25, 0.3) is 0 Å². The second-order valence-corrected chi connectivity index (χ2v) is 4.74. The molecule has 0 fully saturated rings. The summed E-state index contributed by atoms with van der Waals surface area (Å²) in [5, 5.41) is 0.378. The van der Waals surface area contributed by atoms with Crippen LogP contribution in [0.3, 0.4) is 0 Å². The Balaban J connectivity index is 2.33. The van der Waals surface area contributed by atoms with Gasteiger partial charge in [0.25, 0.3) is 0 Å². The summed E-state index contributed by atoms with van der Waals surface area (Å²) >= 11 is 7.53. The van der Waals surface area contributed by atoms with Crippen LogP contribution in [-0.2, 0) is 0 Å². The standard InChI is InChI=1S/C10H10ClNOS/c1-6-2-3-8(14-6)9(12)7-4-5-13-10(7)11/h2-5,9H,12H2,1H3. The Bertz CT molecular complexity index is 435. The Morgan fingerprint density at radius 2 is 2.21 bits per heavy atom. The lowest BCUT2D eigenvalue weighted by atomic mass is 10.1. The third-order valence-corrected chi connectivity index (χ3v) is 3.44. The van der Waals surface area contributed by atoms with Gasteiger partial charge in [-0.1, -0.05) is 0 Å². The Morgan fingerprint density at radius 1 is 1.43 bits per heavy atom. The van der Waals surface area contributed by atoms with Gasteiger partial charge < -0.3 is 10.2 Å². The monoisotopic (exact) mass is 227 g/mol. The van der Waals surface area contributed by atoms with Gasteiger partial charge in [0.15, 0.2) is 5.22 Å². The van der Waals surface area contributed by atoms with Gasteiger partial charge in [-0.25, -0.2) is 0 Å². The van der Waals surface area contributed by atoms with Crippen LogP contribution in [0.2, 0.25) is 5.22 Å². The van der Waals surface area contributed by atoms with Crippen molar-refractivity contribution in [2.75, 3.05) is 0 Å². The maximum Gasteiger partial charge on any atom is 0.198 e. The number of halogens is 1. The molecule has 1 unspecified atom stereocenters. The minimum absolute atomic E-state index is 0.181. The van der Waals surface area contributed by atoms with Crippen LogP contribution < -0.4 is 5.73 Å². The summed E-state index contributed by atoms with van der Waals surface area (Å²) in [7, 11) is 0. The van der Waals surface area contributed by atoms with Gasteiger partial charge >= 0.3 is 0 Å². The van der Waals surface area contributed by atoms with Crippen molar-refractivity contribution in [3.05, 3.63) is 45.0 Å². The van der Waals surface area contributed by atoms with Gasteiger partial charge in [-0.05, 0) is 36.7 Å². The highest BCUT2D eigenvalue weighted by Crippen LogP contribution is 2.30. The molecule has 0 bridgehead atoms. The molecule has 0 aromatic carbocycles. The fraction of sp³-hybridized carbons (Fsp3) is 0.200. The number of thiophene rings is 1. The van der Waals surface area contributed by atoms with Gasteiger partial charge in [0.2, 0.25) is 0 Å². The Morgan fingerprint density at radius 3 is 2.71 bits per heavy atom. The van der Waals surface area contributed by atoms with E-state index in [-0.39, 0.29) is 6.04 Å². The molecule has 0 aliphatic heterocycles. The molecule has 2 nitrogen and oxygen atoms in total. The lowest BCUT2D eigenvalue weighted by molar-refractivity contribution is 0.564. The van der Waals surface area contributed by atoms with E-state index in [1.807, 2.05) is 18.2 Å². The Hall–Kier alpha value is -0.770. The first kappa shape index (κ1) is 9.77. The summed E-state index contributed by atoms with van der Waals surface area (Å²) in [4.78, 5) is 2.35. The van der Waals surface area contributed by atoms with E-state index in [1.165, 1.54) is 4.88 Å². The van der Waals surface area contributed by atoms with E-state index in [0.717, 1.165) is 10.4 Å². The van der Waals surface area contributed by atoms with E-state index >= 15 is 0 Å². The molecule has 14 heavy (non-hydrogen) atoms. The van der Waals surface area contributed by atoms with E-state index in [0.29, 0.717) is 5.22 Å². The van der Waals surface area contributed by atoms with Crippen LogP contribution in [0, 0.1) is 6.92 Å². The van der Waals surface area contributed by atoms with Crippen molar-refractivity contribution < 1.29 is 4.42 Å². The Kier molecular flexibility index (Phi) is 2.63. The summed E-state index contributed by atoms with van der Waals surface area (Å²) in [6.45, 7) is 2.05. The van der Waals surface area contributed by atoms with E-state index in [1.54, 1.807) is 17.6 Å². The third-order valence-electron chi connectivity index (χ3n) is 2.05. The molecule has 2 aromatic rings. The highest BCUT2D eigenvalue weighted by Gasteiger charge is 2.15. The minimum Gasteiger partial charge on any atom is -0.453 e. The van der Waals surface area contributed by atoms with Crippen LogP contribution in [0.4, 0.5) is 0 Å². The third kappa shape index (κ3) is 1.71. The maximum absolute atomic E-state index is 6.04. The van der Waals surface area contributed by atoms with Crippen molar-refractivity contribution in [3.63, 3.8) is 0 Å². The molecule has 0 saturated carbocycles. The number of furan rings is 1. The number of aryl methyl sites for hydroxylation is 1. The predicted molar refractivity (Wildman–Crippen MR) is 58.8 cm³/mol. The quantitative estimate of drug-likeness (QED) is 0.855. The summed E-state index contributed by atoms with van der Waals surface area (Å²) in [5.41, 5.74) is 6.88. The summed E-state index contributed by atoms with van der Waals surface area (Å²) < 4.78 is 5.00. The van der Waals surface area contributed by atoms with Crippen LogP contribution in [0.15, 0.2) is 28.9 Å². The average Bonchev–Trinajstić information content (AvgIpc) is 2.73. The largest absolute Gasteiger partial charge is 0.453 e. The molecule has 0 saturated heterocycles.